The van der Waals surface area contributed by atoms with Crippen LogP contribution in [0.2, 0.25) is 0 Å². The molecule has 0 aromatic heterocycles. The lowest BCUT2D eigenvalue weighted by Gasteiger charge is -2.35. The first-order valence-corrected chi connectivity index (χ1v) is 11.6. The molecule has 5 heteroatoms. The molecule has 0 spiro atoms. The van der Waals surface area contributed by atoms with Crippen molar-refractivity contribution in [2.75, 3.05) is 40.6 Å². The van der Waals surface area contributed by atoms with E-state index in [-0.39, 0.29) is 11.8 Å². The summed E-state index contributed by atoms with van der Waals surface area (Å²) < 4.78 is 5.77. The van der Waals surface area contributed by atoms with Gasteiger partial charge in [-0.3, -0.25) is 9.79 Å². The SMILES string of the molecule is CCC1CCC(C2=NCOCN(CCN(C)C)C(=O)C2Cc2cccc(C)c2)CC1. The van der Waals surface area contributed by atoms with Crippen molar-refractivity contribution in [3.05, 3.63) is 35.4 Å². The molecule has 5 nitrogen and oxygen atoms in total. The molecule has 30 heavy (non-hydrogen) atoms. The number of ether oxygens (including phenoxy) is 1. The zero-order chi connectivity index (χ0) is 21.5. The molecular weight excluding hydrogens is 374 g/mol. The van der Waals surface area contributed by atoms with E-state index in [4.69, 9.17) is 9.73 Å². The van der Waals surface area contributed by atoms with Crippen molar-refractivity contribution < 1.29 is 9.53 Å². The second-order valence-electron chi connectivity index (χ2n) is 9.32. The molecule has 1 aromatic rings. The largest absolute Gasteiger partial charge is 0.339 e. The highest BCUT2D eigenvalue weighted by Crippen LogP contribution is 2.34. The second kappa shape index (κ2) is 11.1. The van der Waals surface area contributed by atoms with E-state index in [0.717, 1.165) is 37.4 Å². The van der Waals surface area contributed by atoms with Crippen LogP contribution in [0.25, 0.3) is 0 Å². The second-order valence-corrected chi connectivity index (χ2v) is 9.32. The molecule has 0 bridgehead atoms. The number of rotatable bonds is 7. The van der Waals surface area contributed by atoms with Crippen LogP contribution in [0.4, 0.5) is 0 Å². The molecule has 1 saturated carbocycles. The van der Waals surface area contributed by atoms with E-state index in [1.165, 1.54) is 30.4 Å². The van der Waals surface area contributed by atoms with Crippen LogP contribution in [0.5, 0.6) is 0 Å². The topological polar surface area (TPSA) is 45.1 Å². The molecule has 166 valence electrons. The predicted molar refractivity (Wildman–Crippen MR) is 123 cm³/mol. The molecule has 1 aliphatic carbocycles. The van der Waals surface area contributed by atoms with Crippen molar-refractivity contribution in [2.24, 2.45) is 22.7 Å². The third-order valence-electron chi connectivity index (χ3n) is 6.73. The lowest BCUT2D eigenvalue weighted by molar-refractivity contribution is -0.140. The Bertz CT molecular complexity index is 723. The number of aryl methyl sites for hydroxylation is 1. The molecule has 2 aliphatic rings. The van der Waals surface area contributed by atoms with Gasteiger partial charge in [0.25, 0.3) is 0 Å². The van der Waals surface area contributed by atoms with Crippen LogP contribution in [0.15, 0.2) is 29.3 Å². The Balaban J connectivity index is 1.86. The maximum absolute atomic E-state index is 13.7. The number of carbonyl (C=O) groups excluding carboxylic acids is 1. The van der Waals surface area contributed by atoms with E-state index < -0.39 is 0 Å². The van der Waals surface area contributed by atoms with Crippen molar-refractivity contribution in [2.45, 2.75) is 52.4 Å². The quantitative estimate of drug-likeness (QED) is 0.675. The maximum Gasteiger partial charge on any atom is 0.233 e. The Morgan fingerprint density at radius 2 is 1.97 bits per heavy atom. The lowest BCUT2D eigenvalue weighted by Crippen LogP contribution is -2.47. The highest BCUT2D eigenvalue weighted by atomic mass is 16.5. The monoisotopic (exact) mass is 413 g/mol. The number of nitrogens with zero attached hydrogens (tertiary/aromatic N) is 3. The highest BCUT2D eigenvalue weighted by Gasteiger charge is 2.36. The summed E-state index contributed by atoms with van der Waals surface area (Å²) >= 11 is 0. The summed E-state index contributed by atoms with van der Waals surface area (Å²) in [6.45, 7) is 6.61. The fourth-order valence-electron chi connectivity index (χ4n) is 4.83. The normalized spacial score (nSPS) is 25.8. The fraction of sp³-hybridized carbons (Fsp3) is 0.680. The molecule has 1 fully saturated rings. The molecule has 0 saturated heterocycles. The fourth-order valence-corrected chi connectivity index (χ4v) is 4.83. The summed E-state index contributed by atoms with van der Waals surface area (Å²) in [5.74, 6) is 1.23. The maximum atomic E-state index is 13.7. The van der Waals surface area contributed by atoms with Crippen molar-refractivity contribution in [1.82, 2.24) is 9.80 Å². The third-order valence-corrected chi connectivity index (χ3v) is 6.73. The van der Waals surface area contributed by atoms with E-state index in [0.29, 0.717) is 25.9 Å². The van der Waals surface area contributed by atoms with Gasteiger partial charge in [-0.05, 0) is 70.5 Å². The first-order valence-electron chi connectivity index (χ1n) is 11.6. The molecule has 1 amide bonds. The van der Waals surface area contributed by atoms with Crippen molar-refractivity contribution in [1.29, 1.82) is 0 Å². The Kier molecular flexibility index (Phi) is 8.46. The summed E-state index contributed by atoms with van der Waals surface area (Å²) in [4.78, 5) is 22.6. The molecule has 1 atom stereocenters. The van der Waals surface area contributed by atoms with Gasteiger partial charge in [-0.1, -0.05) is 43.2 Å². The Morgan fingerprint density at radius 3 is 2.63 bits per heavy atom. The van der Waals surface area contributed by atoms with Crippen LogP contribution in [-0.2, 0) is 16.0 Å². The van der Waals surface area contributed by atoms with Gasteiger partial charge in [-0.15, -0.1) is 0 Å². The average Bonchev–Trinajstić information content (AvgIpc) is 2.73. The molecule has 0 radical (unpaired) electrons. The summed E-state index contributed by atoms with van der Waals surface area (Å²) in [6.07, 6.45) is 6.77. The minimum Gasteiger partial charge on any atom is -0.339 e. The number of likely N-dealkylation sites (N-methyl/N-ethyl adjacent to an activating group) is 1. The highest BCUT2D eigenvalue weighted by molar-refractivity contribution is 6.05. The molecule has 3 rings (SSSR count). The van der Waals surface area contributed by atoms with Crippen LogP contribution in [-0.4, -0.2) is 62.1 Å². The summed E-state index contributed by atoms with van der Waals surface area (Å²) in [5.41, 5.74) is 3.54. The summed E-state index contributed by atoms with van der Waals surface area (Å²) in [5, 5.41) is 0. The smallest absolute Gasteiger partial charge is 0.233 e. The summed E-state index contributed by atoms with van der Waals surface area (Å²) in [6, 6.07) is 8.56. The van der Waals surface area contributed by atoms with Crippen LogP contribution in [0, 0.1) is 24.7 Å². The third kappa shape index (κ3) is 6.14. The lowest BCUT2D eigenvalue weighted by atomic mass is 9.74. The van der Waals surface area contributed by atoms with Gasteiger partial charge in [0, 0.05) is 18.8 Å². The van der Waals surface area contributed by atoms with Crippen LogP contribution < -0.4 is 0 Å². The van der Waals surface area contributed by atoms with Gasteiger partial charge >= 0.3 is 0 Å². The number of hydrogen-bond donors (Lipinski definition) is 0. The van der Waals surface area contributed by atoms with Crippen molar-refractivity contribution in [3.63, 3.8) is 0 Å². The van der Waals surface area contributed by atoms with E-state index in [9.17, 15) is 4.79 Å². The molecule has 1 heterocycles. The van der Waals surface area contributed by atoms with Gasteiger partial charge < -0.3 is 14.5 Å². The van der Waals surface area contributed by atoms with E-state index >= 15 is 0 Å². The molecule has 1 aromatic carbocycles. The number of amides is 1. The number of hydrogen-bond acceptors (Lipinski definition) is 4. The Morgan fingerprint density at radius 1 is 1.20 bits per heavy atom. The van der Waals surface area contributed by atoms with E-state index in [2.05, 4.69) is 43.0 Å². The number of benzene rings is 1. The first kappa shape index (κ1) is 23.0. The number of carbonyl (C=O) groups is 1. The Labute approximate surface area is 182 Å². The van der Waals surface area contributed by atoms with E-state index in [1.807, 2.05) is 19.0 Å². The average molecular weight is 414 g/mol. The van der Waals surface area contributed by atoms with Gasteiger partial charge in [0.1, 0.15) is 13.5 Å². The minimum atomic E-state index is -0.180. The van der Waals surface area contributed by atoms with Crippen molar-refractivity contribution in [3.8, 4) is 0 Å². The molecule has 1 aliphatic heterocycles. The molecule has 0 N–H and O–H groups in total. The predicted octanol–water partition coefficient (Wildman–Crippen LogP) is 4.15. The first-order chi connectivity index (χ1) is 14.5. The molecular formula is C25H39N3O2. The Hall–Kier alpha value is -1.72. The van der Waals surface area contributed by atoms with Crippen molar-refractivity contribution >= 4 is 11.6 Å². The van der Waals surface area contributed by atoms with E-state index in [1.54, 1.807) is 0 Å². The van der Waals surface area contributed by atoms with Crippen LogP contribution in [0.3, 0.4) is 0 Å². The van der Waals surface area contributed by atoms with Gasteiger partial charge in [0.15, 0.2) is 0 Å². The summed E-state index contributed by atoms with van der Waals surface area (Å²) in [7, 11) is 4.08. The van der Waals surface area contributed by atoms with Crippen LogP contribution >= 0.6 is 0 Å². The van der Waals surface area contributed by atoms with Gasteiger partial charge in [0.2, 0.25) is 5.91 Å². The zero-order valence-corrected chi connectivity index (χ0v) is 19.3. The number of aliphatic imine (C=N–C) groups is 1. The van der Waals surface area contributed by atoms with Gasteiger partial charge in [0.05, 0.1) is 5.92 Å². The van der Waals surface area contributed by atoms with Crippen LogP contribution in [0.1, 0.15) is 50.2 Å². The molecule has 1 unspecified atom stereocenters. The standard InChI is InChI=1S/C25H39N3O2/c1-5-20-9-11-22(12-10-20)24-23(16-21-8-6-7-19(2)15-21)25(29)28(14-13-27(3)4)18-30-17-26-24/h6-8,15,20,22-23H,5,9-14,16-18H2,1-4H3. The van der Waals surface area contributed by atoms with Gasteiger partial charge in [-0.25, -0.2) is 0 Å². The minimum absolute atomic E-state index is 0.175. The van der Waals surface area contributed by atoms with Gasteiger partial charge in [-0.2, -0.15) is 0 Å². The zero-order valence-electron chi connectivity index (χ0n) is 19.3.